The van der Waals surface area contributed by atoms with Gasteiger partial charge in [0.2, 0.25) is 0 Å². The molecule has 4 heteroatoms. The van der Waals surface area contributed by atoms with Crippen molar-refractivity contribution < 1.29 is 14.6 Å². The van der Waals surface area contributed by atoms with Gasteiger partial charge in [0.15, 0.2) is 0 Å². The minimum Gasteiger partial charge on any atom is -0.496 e. The van der Waals surface area contributed by atoms with E-state index in [1.807, 2.05) is 19.9 Å². The lowest BCUT2D eigenvalue weighted by molar-refractivity contribution is -0.145. The molecule has 0 bridgehead atoms. The highest BCUT2D eigenvalue weighted by atomic mass is 79.9. The third kappa shape index (κ3) is 2.34. The van der Waals surface area contributed by atoms with Gasteiger partial charge in [-0.15, -0.1) is 0 Å². The van der Waals surface area contributed by atoms with Crippen LogP contribution in [0.3, 0.4) is 0 Å². The van der Waals surface area contributed by atoms with Crippen LogP contribution in [0.1, 0.15) is 48.8 Å². The van der Waals surface area contributed by atoms with E-state index >= 15 is 0 Å². The predicted octanol–water partition coefficient (Wildman–Crippen LogP) is 4.36. The lowest BCUT2D eigenvalue weighted by atomic mass is 9.68. The second kappa shape index (κ2) is 5.76. The molecular formula is C16H21BrO3. The van der Waals surface area contributed by atoms with Gasteiger partial charge in [-0.1, -0.05) is 41.3 Å². The highest BCUT2D eigenvalue weighted by Gasteiger charge is 2.44. The van der Waals surface area contributed by atoms with Crippen molar-refractivity contribution in [1.29, 1.82) is 0 Å². The van der Waals surface area contributed by atoms with E-state index < -0.39 is 11.4 Å². The molecule has 1 fully saturated rings. The van der Waals surface area contributed by atoms with E-state index in [0.717, 1.165) is 40.4 Å². The molecule has 0 unspecified atom stereocenters. The van der Waals surface area contributed by atoms with Gasteiger partial charge in [0.25, 0.3) is 0 Å². The fourth-order valence-corrected chi connectivity index (χ4v) is 3.61. The summed E-state index contributed by atoms with van der Waals surface area (Å²) in [6.45, 7) is 3.97. The first kappa shape index (κ1) is 15.4. The maximum absolute atomic E-state index is 12.0. The molecule has 0 saturated heterocycles. The molecule has 1 aliphatic rings. The Balaban J connectivity index is 2.68. The molecule has 0 amide bonds. The quantitative estimate of drug-likeness (QED) is 0.888. The Labute approximate surface area is 128 Å². The third-order valence-electron chi connectivity index (χ3n) is 4.46. The summed E-state index contributed by atoms with van der Waals surface area (Å²) in [6, 6.07) is 1.98. The number of halogens is 1. The summed E-state index contributed by atoms with van der Waals surface area (Å²) < 4.78 is 6.54. The number of aryl methyl sites for hydroxylation is 1. The van der Waals surface area contributed by atoms with Crippen LogP contribution in [0.5, 0.6) is 5.75 Å². The Morgan fingerprint density at radius 1 is 1.30 bits per heavy atom. The molecule has 0 aliphatic heterocycles. The van der Waals surface area contributed by atoms with Gasteiger partial charge in [0, 0.05) is 15.6 Å². The Hall–Kier alpha value is -1.03. The van der Waals surface area contributed by atoms with Crippen molar-refractivity contribution in [3.63, 3.8) is 0 Å². The van der Waals surface area contributed by atoms with Crippen LogP contribution in [0.2, 0.25) is 0 Å². The summed E-state index contributed by atoms with van der Waals surface area (Å²) >= 11 is 3.56. The zero-order valence-electron chi connectivity index (χ0n) is 12.3. The van der Waals surface area contributed by atoms with Gasteiger partial charge in [0.1, 0.15) is 5.75 Å². The number of carboxylic acids is 1. The third-order valence-corrected chi connectivity index (χ3v) is 5.68. The number of aliphatic carboxylic acids is 1. The van der Waals surface area contributed by atoms with Gasteiger partial charge in [-0.2, -0.15) is 0 Å². The van der Waals surface area contributed by atoms with Crippen molar-refractivity contribution in [1.82, 2.24) is 0 Å². The second-order valence-electron chi connectivity index (χ2n) is 5.66. The maximum atomic E-state index is 12.0. The fourth-order valence-electron chi connectivity index (χ4n) is 3.32. The molecule has 0 radical (unpaired) electrons. The molecule has 1 aromatic rings. The second-order valence-corrected chi connectivity index (χ2v) is 6.45. The topological polar surface area (TPSA) is 46.5 Å². The number of carbonyl (C=O) groups is 1. The van der Waals surface area contributed by atoms with Gasteiger partial charge < -0.3 is 9.84 Å². The predicted molar refractivity (Wildman–Crippen MR) is 82.6 cm³/mol. The Kier molecular flexibility index (Phi) is 4.43. The van der Waals surface area contributed by atoms with Gasteiger partial charge in [0.05, 0.1) is 12.5 Å². The largest absolute Gasteiger partial charge is 0.496 e. The summed E-state index contributed by atoms with van der Waals surface area (Å²) in [4.78, 5) is 12.0. The highest BCUT2D eigenvalue weighted by molar-refractivity contribution is 9.10. The van der Waals surface area contributed by atoms with Crippen LogP contribution in [0.15, 0.2) is 10.5 Å². The van der Waals surface area contributed by atoms with Gasteiger partial charge in [-0.05, 0) is 32.3 Å². The standard InChI is InChI=1S/C16H21BrO3/c1-10-9-12(14(20-3)11(2)13(10)17)16(15(18)19)7-5-4-6-8-16/h9H,4-8H2,1-3H3,(H,18,19). The molecule has 20 heavy (non-hydrogen) atoms. The van der Waals surface area contributed by atoms with Crippen molar-refractivity contribution in [3.05, 3.63) is 27.2 Å². The molecular weight excluding hydrogens is 320 g/mol. The zero-order chi connectivity index (χ0) is 14.9. The van der Waals surface area contributed by atoms with E-state index in [1.165, 1.54) is 0 Å². The summed E-state index contributed by atoms with van der Waals surface area (Å²) in [5.41, 5.74) is 2.09. The van der Waals surface area contributed by atoms with Crippen molar-refractivity contribution >= 4 is 21.9 Å². The first-order chi connectivity index (χ1) is 9.44. The van der Waals surface area contributed by atoms with E-state index in [9.17, 15) is 9.90 Å². The van der Waals surface area contributed by atoms with Gasteiger partial charge >= 0.3 is 5.97 Å². The summed E-state index contributed by atoms with van der Waals surface area (Å²) in [5, 5.41) is 9.85. The first-order valence-electron chi connectivity index (χ1n) is 7.01. The average Bonchev–Trinajstić information content (AvgIpc) is 2.45. The van der Waals surface area contributed by atoms with E-state index in [-0.39, 0.29) is 0 Å². The van der Waals surface area contributed by atoms with Crippen LogP contribution in [0, 0.1) is 13.8 Å². The monoisotopic (exact) mass is 340 g/mol. The number of hydrogen-bond acceptors (Lipinski definition) is 2. The zero-order valence-corrected chi connectivity index (χ0v) is 13.8. The van der Waals surface area contributed by atoms with Crippen molar-refractivity contribution in [3.8, 4) is 5.75 Å². The molecule has 1 aliphatic carbocycles. The average molecular weight is 341 g/mol. The summed E-state index contributed by atoms with van der Waals surface area (Å²) in [5.74, 6) is -0.0107. The van der Waals surface area contributed by atoms with E-state index in [4.69, 9.17) is 4.74 Å². The molecule has 0 aromatic heterocycles. The fraction of sp³-hybridized carbons (Fsp3) is 0.562. The van der Waals surface area contributed by atoms with E-state index in [0.29, 0.717) is 18.6 Å². The van der Waals surface area contributed by atoms with Crippen LogP contribution < -0.4 is 4.74 Å². The van der Waals surface area contributed by atoms with Crippen LogP contribution in [0.25, 0.3) is 0 Å². The van der Waals surface area contributed by atoms with Crippen LogP contribution in [-0.4, -0.2) is 18.2 Å². The molecule has 0 heterocycles. The molecule has 0 atom stereocenters. The number of methoxy groups -OCH3 is 1. The number of benzene rings is 1. The van der Waals surface area contributed by atoms with Crippen LogP contribution in [-0.2, 0) is 10.2 Å². The highest BCUT2D eigenvalue weighted by Crippen LogP contribution is 2.46. The Morgan fingerprint density at radius 3 is 2.40 bits per heavy atom. The summed E-state index contributed by atoms with van der Waals surface area (Å²) in [7, 11) is 1.62. The molecule has 1 N–H and O–H groups in total. The number of ether oxygens (including phenoxy) is 1. The van der Waals surface area contributed by atoms with Crippen molar-refractivity contribution in [2.75, 3.05) is 7.11 Å². The molecule has 3 nitrogen and oxygen atoms in total. The SMILES string of the molecule is COc1c(C2(C(=O)O)CCCCC2)cc(C)c(Br)c1C. The van der Waals surface area contributed by atoms with E-state index in [1.54, 1.807) is 7.11 Å². The van der Waals surface area contributed by atoms with Gasteiger partial charge in [-0.25, -0.2) is 0 Å². The molecule has 2 rings (SSSR count). The van der Waals surface area contributed by atoms with Crippen LogP contribution in [0.4, 0.5) is 0 Å². The molecule has 0 spiro atoms. The van der Waals surface area contributed by atoms with Crippen LogP contribution >= 0.6 is 15.9 Å². The van der Waals surface area contributed by atoms with Crippen molar-refractivity contribution in [2.24, 2.45) is 0 Å². The summed E-state index contributed by atoms with van der Waals surface area (Å²) in [6.07, 6.45) is 4.43. The van der Waals surface area contributed by atoms with Crippen molar-refractivity contribution in [2.45, 2.75) is 51.4 Å². The van der Waals surface area contributed by atoms with E-state index in [2.05, 4.69) is 15.9 Å². The van der Waals surface area contributed by atoms with Gasteiger partial charge in [-0.3, -0.25) is 4.79 Å². The molecule has 1 aromatic carbocycles. The Morgan fingerprint density at radius 2 is 1.90 bits per heavy atom. The minimum atomic E-state index is -0.792. The molecule has 1 saturated carbocycles. The smallest absolute Gasteiger partial charge is 0.314 e. The lowest BCUT2D eigenvalue weighted by Gasteiger charge is -2.35. The lowest BCUT2D eigenvalue weighted by Crippen LogP contribution is -2.38. The first-order valence-corrected chi connectivity index (χ1v) is 7.81. The maximum Gasteiger partial charge on any atom is 0.314 e. The Bertz CT molecular complexity index is 531. The molecule has 110 valence electrons. The minimum absolute atomic E-state index is 0.694. The number of carboxylic acid groups (broad SMARTS) is 1. The number of rotatable bonds is 3. The number of hydrogen-bond donors (Lipinski definition) is 1. The normalized spacial score (nSPS) is 17.8.